The highest BCUT2D eigenvalue weighted by Gasteiger charge is 2.09. The van der Waals surface area contributed by atoms with E-state index in [9.17, 15) is 0 Å². The number of hydrogen-bond acceptors (Lipinski definition) is 2. The zero-order valence-electron chi connectivity index (χ0n) is 6.68. The van der Waals surface area contributed by atoms with Crippen LogP contribution in [0.25, 0.3) is 0 Å². The maximum absolute atomic E-state index is 4.89. The van der Waals surface area contributed by atoms with Crippen LogP contribution < -0.4 is 0 Å². The topological polar surface area (TPSA) is 18.5 Å². The van der Waals surface area contributed by atoms with Gasteiger partial charge >= 0.3 is 0 Å². The van der Waals surface area contributed by atoms with E-state index in [4.69, 9.17) is 4.89 Å². The van der Waals surface area contributed by atoms with Crippen molar-refractivity contribution in [3.05, 3.63) is 0 Å². The molecule has 0 aliphatic carbocycles. The molecule has 0 aromatic carbocycles. The minimum atomic E-state index is 0.208. The van der Waals surface area contributed by atoms with Gasteiger partial charge in [-0.05, 0) is 12.8 Å². The summed E-state index contributed by atoms with van der Waals surface area (Å²) in [5.74, 6) is 0.574. The number of rotatable bonds is 4. The molecule has 2 heteroatoms. The third-order valence-corrected chi connectivity index (χ3v) is 1.69. The quantitative estimate of drug-likeness (QED) is 0.430. The second kappa shape index (κ2) is 4.77. The van der Waals surface area contributed by atoms with Gasteiger partial charge in [0.15, 0.2) is 0 Å². The molecule has 0 aromatic heterocycles. The monoisotopic (exact) mass is 132 g/mol. The van der Waals surface area contributed by atoms with Crippen LogP contribution in [0.5, 0.6) is 0 Å². The van der Waals surface area contributed by atoms with Crippen molar-refractivity contribution in [3.8, 4) is 0 Å². The summed E-state index contributed by atoms with van der Waals surface area (Å²) in [6, 6.07) is 0. The lowest BCUT2D eigenvalue weighted by atomic mass is 10.0. The van der Waals surface area contributed by atoms with Crippen LogP contribution in [0.15, 0.2) is 0 Å². The van der Waals surface area contributed by atoms with E-state index in [1.807, 2.05) is 6.92 Å². The predicted octanol–water partition coefficient (Wildman–Crippen LogP) is 2.00. The van der Waals surface area contributed by atoms with Crippen LogP contribution in [0.2, 0.25) is 0 Å². The highest BCUT2D eigenvalue weighted by atomic mass is 17.2. The molecule has 0 N–H and O–H groups in total. The van der Waals surface area contributed by atoms with Gasteiger partial charge in [0.2, 0.25) is 0 Å². The van der Waals surface area contributed by atoms with Crippen molar-refractivity contribution < 1.29 is 9.78 Å². The Labute approximate surface area is 57.1 Å². The molecule has 0 heterocycles. The summed E-state index contributed by atoms with van der Waals surface area (Å²) in [5, 5.41) is 0. The van der Waals surface area contributed by atoms with Gasteiger partial charge < -0.3 is 0 Å². The zero-order valence-corrected chi connectivity index (χ0v) is 6.68. The molecule has 0 fully saturated rings. The van der Waals surface area contributed by atoms with Crippen LogP contribution in [-0.2, 0) is 9.78 Å². The fourth-order valence-electron chi connectivity index (χ4n) is 0.579. The molecule has 2 unspecified atom stereocenters. The van der Waals surface area contributed by atoms with Crippen molar-refractivity contribution in [2.45, 2.75) is 33.3 Å². The van der Waals surface area contributed by atoms with E-state index in [2.05, 4.69) is 18.7 Å². The summed E-state index contributed by atoms with van der Waals surface area (Å²) in [7, 11) is 1.54. The average Bonchev–Trinajstić information content (AvgIpc) is 1.87. The van der Waals surface area contributed by atoms with Gasteiger partial charge in [0, 0.05) is 0 Å². The Morgan fingerprint density at radius 1 is 1.33 bits per heavy atom. The molecule has 0 aliphatic rings. The van der Waals surface area contributed by atoms with Gasteiger partial charge in [0.05, 0.1) is 13.2 Å². The molecule has 0 bridgehead atoms. The summed E-state index contributed by atoms with van der Waals surface area (Å²) in [6.45, 7) is 6.29. The van der Waals surface area contributed by atoms with Crippen LogP contribution in [0.4, 0.5) is 0 Å². The van der Waals surface area contributed by atoms with Gasteiger partial charge in [0.25, 0.3) is 0 Å². The maximum atomic E-state index is 4.89. The Kier molecular flexibility index (Phi) is 4.72. The van der Waals surface area contributed by atoms with Crippen molar-refractivity contribution in [1.82, 2.24) is 0 Å². The molecule has 0 saturated heterocycles. The Balaban J connectivity index is 3.32. The van der Waals surface area contributed by atoms with Crippen molar-refractivity contribution in [3.63, 3.8) is 0 Å². The largest absolute Gasteiger partial charge is 0.240 e. The van der Waals surface area contributed by atoms with Crippen molar-refractivity contribution >= 4 is 0 Å². The molecule has 2 atom stereocenters. The van der Waals surface area contributed by atoms with E-state index in [0.29, 0.717) is 5.92 Å². The summed E-state index contributed by atoms with van der Waals surface area (Å²) in [6.07, 6.45) is 1.34. The predicted molar refractivity (Wildman–Crippen MR) is 37.0 cm³/mol. The minimum absolute atomic E-state index is 0.208. The molecule has 2 nitrogen and oxygen atoms in total. The SMILES string of the molecule is CCC(C)C(C)OOC. The summed E-state index contributed by atoms with van der Waals surface area (Å²) >= 11 is 0. The first-order valence-corrected chi connectivity index (χ1v) is 3.41. The van der Waals surface area contributed by atoms with E-state index in [0.717, 1.165) is 6.42 Å². The Bertz CT molecular complexity index is 63.9. The minimum Gasteiger partial charge on any atom is -0.240 e. The molecule has 0 radical (unpaired) electrons. The second-order valence-corrected chi connectivity index (χ2v) is 2.35. The molecular formula is C7H16O2. The first kappa shape index (κ1) is 8.92. The highest BCUT2D eigenvalue weighted by molar-refractivity contribution is 4.55. The van der Waals surface area contributed by atoms with Crippen LogP contribution in [-0.4, -0.2) is 13.2 Å². The van der Waals surface area contributed by atoms with Crippen LogP contribution >= 0.6 is 0 Å². The van der Waals surface area contributed by atoms with Crippen molar-refractivity contribution in [1.29, 1.82) is 0 Å². The molecule has 0 rings (SSSR count). The first-order valence-electron chi connectivity index (χ1n) is 3.41. The lowest BCUT2D eigenvalue weighted by molar-refractivity contribution is -0.309. The summed E-state index contributed by atoms with van der Waals surface area (Å²) in [5.41, 5.74) is 0. The molecule has 9 heavy (non-hydrogen) atoms. The molecule has 56 valence electrons. The third-order valence-electron chi connectivity index (χ3n) is 1.69. The molecule has 0 amide bonds. The lowest BCUT2D eigenvalue weighted by Crippen LogP contribution is -2.16. The molecular weight excluding hydrogens is 116 g/mol. The van der Waals surface area contributed by atoms with Gasteiger partial charge in [-0.15, -0.1) is 0 Å². The zero-order chi connectivity index (χ0) is 7.28. The van der Waals surface area contributed by atoms with E-state index in [-0.39, 0.29) is 6.10 Å². The maximum Gasteiger partial charge on any atom is 0.0927 e. The van der Waals surface area contributed by atoms with Crippen LogP contribution in [0.3, 0.4) is 0 Å². The molecule has 0 spiro atoms. The van der Waals surface area contributed by atoms with Gasteiger partial charge in [-0.25, -0.2) is 9.78 Å². The Morgan fingerprint density at radius 3 is 2.22 bits per heavy atom. The van der Waals surface area contributed by atoms with Crippen LogP contribution in [0.1, 0.15) is 27.2 Å². The van der Waals surface area contributed by atoms with E-state index < -0.39 is 0 Å². The second-order valence-electron chi connectivity index (χ2n) is 2.35. The van der Waals surface area contributed by atoms with Crippen molar-refractivity contribution in [2.24, 2.45) is 5.92 Å². The molecule has 0 aliphatic heterocycles. The molecule has 0 aromatic rings. The highest BCUT2D eigenvalue weighted by Crippen LogP contribution is 2.09. The van der Waals surface area contributed by atoms with Gasteiger partial charge in [0.1, 0.15) is 0 Å². The Morgan fingerprint density at radius 2 is 1.89 bits per heavy atom. The fraction of sp³-hybridized carbons (Fsp3) is 1.00. The fourth-order valence-corrected chi connectivity index (χ4v) is 0.579. The standard InChI is InChI=1S/C7H16O2/c1-5-6(2)7(3)9-8-4/h6-7H,5H2,1-4H3. The normalized spacial score (nSPS) is 17.3. The summed E-state index contributed by atoms with van der Waals surface area (Å²) < 4.78 is 0. The van der Waals surface area contributed by atoms with E-state index >= 15 is 0 Å². The van der Waals surface area contributed by atoms with Gasteiger partial charge in [-0.3, -0.25) is 0 Å². The van der Waals surface area contributed by atoms with Crippen LogP contribution in [0, 0.1) is 5.92 Å². The lowest BCUT2D eigenvalue weighted by Gasteiger charge is -2.15. The Hall–Kier alpha value is -0.0800. The van der Waals surface area contributed by atoms with Gasteiger partial charge in [-0.1, -0.05) is 20.3 Å². The van der Waals surface area contributed by atoms with Gasteiger partial charge in [-0.2, -0.15) is 0 Å². The smallest absolute Gasteiger partial charge is 0.0927 e. The average molecular weight is 132 g/mol. The molecule has 0 saturated carbocycles. The van der Waals surface area contributed by atoms with Crippen molar-refractivity contribution in [2.75, 3.05) is 7.11 Å². The first-order chi connectivity index (χ1) is 4.22. The van der Waals surface area contributed by atoms with E-state index in [1.54, 1.807) is 7.11 Å². The third kappa shape index (κ3) is 3.49. The summed E-state index contributed by atoms with van der Waals surface area (Å²) in [4.78, 5) is 9.42. The number of hydrogen-bond donors (Lipinski definition) is 0. The van der Waals surface area contributed by atoms with E-state index in [1.165, 1.54) is 0 Å².